The first-order chi connectivity index (χ1) is 11.6. The lowest BCUT2D eigenvalue weighted by Crippen LogP contribution is -2.41. The van der Waals surface area contributed by atoms with Crippen molar-refractivity contribution in [2.24, 2.45) is 7.05 Å². The molecule has 1 aliphatic heterocycles. The van der Waals surface area contributed by atoms with Crippen LogP contribution in [0, 0.1) is 0 Å². The maximum atomic E-state index is 12.4. The molecule has 0 unspecified atom stereocenters. The summed E-state index contributed by atoms with van der Waals surface area (Å²) in [6.45, 7) is 1.35. The highest BCUT2D eigenvalue weighted by Crippen LogP contribution is 2.27. The van der Waals surface area contributed by atoms with Crippen LogP contribution >= 0.6 is 0 Å². The minimum absolute atomic E-state index is 0.0172. The third kappa shape index (κ3) is 3.29. The molecule has 7 nitrogen and oxygen atoms in total. The molecule has 1 amide bonds. The number of H-pyrrole nitrogens is 1. The van der Waals surface area contributed by atoms with Crippen molar-refractivity contribution in [1.82, 2.24) is 19.4 Å². The van der Waals surface area contributed by atoms with Gasteiger partial charge in [0.25, 0.3) is 5.56 Å². The summed E-state index contributed by atoms with van der Waals surface area (Å²) >= 11 is 0. The molecule has 0 spiro atoms. The number of amides is 1. The number of aromatic nitrogens is 3. The molecule has 1 aliphatic rings. The van der Waals surface area contributed by atoms with Crippen molar-refractivity contribution in [2.45, 2.75) is 25.2 Å². The minimum Gasteiger partial charge on any atom is -0.342 e. The average Bonchev–Trinajstić information content (AvgIpc) is 2.63. The van der Waals surface area contributed by atoms with Crippen LogP contribution in [-0.2, 0) is 18.3 Å². The maximum absolute atomic E-state index is 12.4. The van der Waals surface area contributed by atoms with Gasteiger partial charge in [0, 0.05) is 44.3 Å². The Labute approximate surface area is 139 Å². The molecule has 0 radical (unpaired) electrons. The quantitative estimate of drug-likeness (QED) is 0.884. The summed E-state index contributed by atoms with van der Waals surface area (Å²) in [5.41, 5.74) is 0.679. The molecule has 24 heavy (non-hydrogen) atoms. The number of hydrogen-bond acceptors (Lipinski definition) is 4. The first-order valence-electron chi connectivity index (χ1n) is 8.01. The van der Waals surface area contributed by atoms with Gasteiger partial charge in [0.15, 0.2) is 0 Å². The number of rotatable bonds is 3. The number of carbonyl (C=O) groups excluding carboxylic acids is 1. The normalized spacial score (nSPS) is 15.5. The molecular weight excluding hydrogens is 308 g/mol. The van der Waals surface area contributed by atoms with Crippen molar-refractivity contribution in [3.05, 3.63) is 62.7 Å². The van der Waals surface area contributed by atoms with Crippen LogP contribution in [0.1, 0.15) is 29.9 Å². The number of aromatic amines is 1. The smallest absolute Gasteiger partial charge is 0.328 e. The highest BCUT2D eigenvalue weighted by atomic mass is 16.2. The Morgan fingerprint density at radius 2 is 1.92 bits per heavy atom. The zero-order valence-corrected chi connectivity index (χ0v) is 13.6. The largest absolute Gasteiger partial charge is 0.342 e. The molecule has 0 bridgehead atoms. The Bertz CT molecular complexity index is 833. The maximum Gasteiger partial charge on any atom is 0.328 e. The van der Waals surface area contributed by atoms with Crippen LogP contribution in [0.15, 0.2) is 40.3 Å². The fraction of sp³-hybridized carbons (Fsp3) is 0.412. The Hall–Kier alpha value is -2.70. The van der Waals surface area contributed by atoms with Gasteiger partial charge in [0.05, 0.1) is 6.42 Å². The van der Waals surface area contributed by atoms with Gasteiger partial charge in [-0.3, -0.25) is 19.1 Å². The highest BCUT2D eigenvalue weighted by Gasteiger charge is 2.24. The van der Waals surface area contributed by atoms with Crippen molar-refractivity contribution in [3.8, 4) is 0 Å². The molecule has 1 saturated heterocycles. The highest BCUT2D eigenvalue weighted by molar-refractivity contribution is 5.78. The summed E-state index contributed by atoms with van der Waals surface area (Å²) < 4.78 is 0.984. The molecule has 2 aromatic rings. The SMILES string of the molecule is Cn1c(=O)[nH]cc(CC(=O)N2CCC(c3ccncc3)CC2)c1=O. The lowest BCUT2D eigenvalue weighted by molar-refractivity contribution is -0.131. The molecule has 3 rings (SSSR count). The molecular formula is C17H20N4O3. The topological polar surface area (TPSA) is 88.1 Å². The van der Waals surface area contributed by atoms with Gasteiger partial charge < -0.3 is 9.88 Å². The number of likely N-dealkylation sites (tertiary alicyclic amines) is 1. The molecule has 0 saturated carbocycles. The van der Waals surface area contributed by atoms with Gasteiger partial charge in [-0.2, -0.15) is 0 Å². The zero-order valence-electron chi connectivity index (χ0n) is 13.6. The van der Waals surface area contributed by atoms with Crippen LogP contribution in [0.25, 0.3) is 0 Å². The van der Waals surface area contributed by atoms with Gasteiger partial charge in [-0.1, -0.05) is 0 Å². The van der Waals surface area contributed by atoms with Gasteiger partial charge in [-0.25, -0.2) is 4.79 Å². The molecule has 1 fully saturated rings. The fourth-order valence-corrected chi connectivity index (χ4v) is 3.11. The van der Waals surface area contributed by atoms with Crippen LogP contribution < -0.4 is 11.2 Å². The summed E-state index contributed by atoms with van der Waals surface area (Å²) in [5.74, 6) is 0.366. The molecule has 7 heteroatoms. The van der Waals surface area contributed by atoms with Gasteiger partial charge in [-0.05, 0) is 36.5 Å². The number of piperidine rings is 1. The molecule has 1 N–H and O–H groups in total. The summed E-state index contributed by atoms with van der Waals surface area (Å²) in [6.07, 6.45) is 6.74. The number of pyridine rings is 1. The van der Waals surface area contributed by atoms with E-state index >= 15 is 0 Å². The molecule has 0 aliphatic carbocycles. The van der Waals surface area contributed by atoms with E-state index in [-0.39, 0.29) is 12.3 Å². The van der Waals surface area contributed by atoms with Crippen molar-refractivity contribution in [3.63, 3.8) is 0 Å². The van der Waals surface area contributed by atoms with Crippen LogP contribution in [0.4, 0.5) is 0 Å². The van der Waals surface area contributed by atoms with Gasteiger partial charge in [0.1, 0.15) is 0 Å². The number of nitrogens with one attached hydrogen (secondary N) is 1. The minimum atomic E-state index is -0.477. The van der Waals surface area contributed by atoms with E-state index in [9.17, 15) is 14.4 Å². The summed E-state index contributed by atoms with van der Waals surface area (Å²) in [6, 6.07) is 4.04. The van der Waals surface area contributed by atoms with Gasteiger partial charge in [0.2, 0.25) is 5.91 Å². The van der Waals surface area contributed by atoms with Crippen molar-refractivity contribution in [1.29, 1.82) is 0 Å². The van der Waals surface area contributed by atoms with Crippen LogP contribution in [0.3, 0.4) is 0 Å². The molecule has 3 heterocycles. The fourth-order valence-electron chi connectivity index (χ4n) is 3.11. The Balaban J connectivity index is 1.63. The number of hydrogen-bond donors (Lipinski definition) is 1. The monoisotopic (exact) mass is 328 g/mol. The lowest BCUT2D eigenvalue weighted by atomic mass is 9.90. The molecule has 0 atom stereocenters. The predicted molar refractivity (Wildman–Crippen MR) is 88.8 cm³/mol. The van der Waals surface area contributed by atoms with E-state index in [2.05, 4.69) is 9.97 Å². The van der Waals surface area contributed by atoms with E-state index in [0.29, 0.717) is 24.6 Å². The molecule has 126 valence electrons. The second-order valence-corrected chi connectivity index (χ2v) is 6.10. The third-order valence-corrected chi connectivity index (χ3v) is 4.62. The van der Waals surface area contributed by atoms with Crippen molar-refractivity contribution >= 4 is 5.91 Å². The first-order valence-corrected chi connectivity index (χ1v) is 8.01. The van der Waals surface area contributed by atoms with E-state index in [4.69, 9.17) is 0 Å². The lowest BCUT2D eigenvalue weighted by Gasteiger charge is -2.32. The molecule has 2 aromatic heterocycles. The number of carbonyl (C=O) groups is 1. The van der Waals surface area contributed by atoms with Crippen molar-refractivity contribution < 1.29 is 4.79 Å². The first kappa shape index (κ1) is 16.2. The second kappa shape index (κ2) is 6.82. The van der Waals surface area contributed by atoms with Crippen molar-refractivity contribution in [2.75, 3.05) is 13.1 Å². The second-order valence-electron chi connectivity index (χ2n) is 6.10. The zero-order chi connectivity index (χ0) is 17.1. The van der Waals surface area contributed by atoms with E-state index in [1.807, 2.05) is 12.1 Å². The number of nitrogens with zero attached hydrogens (tertiary/aromatic N) is 3. The summed E-state index contributed by atoms with van der Waals surface area (Å²) in [7, 11) is 1.40. The van der Waals surface area contributed by atoms with Gasteiger partial charge >= 0.3 is 5.69 Å². The van der Waals surface area contributed by atoms with E-state index in [1.165, 1.54) is 18.8 Å². The standard InChI is InChI=1S/C17H20N4O3/c1-20-16(23)14(11-19-17(20)24)10-15(22)21-8-4-13(5-9-21)12-2-6-18-7-3-12/h2-3,6-7,11,13H,4-5,8-10H2,1H3,(H,19,24). The Kier molecular flexibility index (Phi) is 4.59. The summed E-state index contributed by atoms with van der Waals surface area (Å²) in [5, 5.41) is 0. The van der Waals surface area contributed by atoms with Gasteiger partial charge in [-0.15, -0.1) is 0 Å². The Morgan fingerprint density at radius 3 is 2.58 bits per heavy atom. The third-order valence-electron chi connectivity index (χ3n) is 4.62. The average molecular weight is 328 g/mol. The van der Waals surface area contributed by atoms with Crippen LogP contribution in [-0.4, -0.2) is 38.4 Å². The van der Waals surface area contributed by atoms with Crippen LogP contribution in [0.5, 0.6) is 0 Å². The van der Waals surface area contributed by atoms with E-state index < -0.39 is 11.2 Å². The van der Waals surface area contributed by atoms with E-state index in [0.717, 1.165) is 17.4 Å². The Morgan fingerprint density at radius 1 is 1.25 bits per heavy atom. The predicted octanol–water partition coefficient (Wildman–Crippen LogP) is 0.417. The van der Waals surface area contributed by atoms with E-state index in [1.54, 1.807) is 17.3 Å². The van der Waals surface area contributed by atoms with Crippen LogP contribution in [0.2, 0.25) is 0 Å². The molecule has 0 aromatic carbocycles. The summed E-state index contributed by atoms with van der Waals surface area (Å²) in [4.78, 5) is 44.1.